The minimum atomic E-state index is 0.113. The third-order valence-electron chi connectivity index (χ3n) is 2.78. The Kier molecular flexibility index (Phi) is 3.88. The molecule has 2 aromatic rings. The molecule has 6 nitrogen and oxygen atoms in total. The van der Waals surface area contributed by atoms with Gasteiger partial charge in [-0.25, -0.2) is 4.98 Å². The molecule has 18 heavy (non-hydrogen) atoms. The Morgan fingerprint density at radius 3 is 3.00 bits per heavy atom. The van der Waals surface area contributed by atoms with Gasteiger partial charge < -0.3 is 14.6 Å². The molecule has 2 heterocycles. The van der Waals surface area contributed by atoms with Crippen LogP contribution in [0.15, 0.2) is 24.7 Å². The monoisotopic (exact) mass is 247 g/mol. The number of nitrogens with zero attached hydrogens (tertiary/aromatic N) is 4. The van der Waals surface area contributed by atoms with Gasteiger partial charge in [0.05, 0.1) is 13.2 Å². The van der Waals surface area contributed by atoms with Crippen LogP contribution >= 0.6 is 0 Å². The van der Waals surface area contributed by atoms with Crippen LogP contribution in [0.5, 0.6) is 5.88 Å². The van der Waals surface area contributed by atoms with Crippen molar-refractivity contribution in [3.63, 3.8) is 0 Å². The number of methoxy groups -OCH3 is 1. The number of pyridine rings is 1. The van der Waals surface area contributed by atoms with Crippen molar-refractivity contribution >= 4 is 0 Å². The van der Waals surface area contributed by atoms with Gasteiger partial charge in [-0.05, 0) is 13.0 Å². The summed E-state index contributed by atoms with van der Waals surface area (Å²) in [5, 5.41) is 11.3. The summed E-state index contributed by atoms with van der Waals surface area (Å²) < 4.78 is 7.11. The number of rotatable bonds is 5. The highest BCUT2D eigenvalue weighted by Crippen LogP contribution is 2.15. The van der Waals surface area contributed by atoms with E-state index in [0.717, 1.165) is 11.4 Å². The van der Waals surface area contributed by atoms with Gasteiger partial charge in [-0.1, -0.05) is 6.07 Å². The first kappa shape index (κ1) is 12.5. The Bertz CT molecular complexity index is 511. The summed E-state index contributed by atoms with van der Waals surface area (Å²) in [5.74, 6) is 1.55. The van der Waals surface area contributed by atoms with Crippen LogP contribution in [0.4, 0.5) is 0 Å². The molecular weight excluding hydrogens is 230 g/mol. The second-order valence-corrected chi connectivity index (χ2v) is 4.07. The van der Waals surface area contributed by atoms with E-state index in [4.69, 9.17) is 4.74 Å². The molecule has 0 aromatic carbocycles. The molecule has 1 N–H and O–H groups in total. The number of ether oxygens (including phenoxy) is 1. The van der Waals surface area contributed by atoms with Crippen LogP contribution in [0.2, 0.25) is 0 Å². The quantitative estimate of drug-likeness (QED) is 0.856. The summed E-state index contributed by atoms with van der Waals surface area (Å²) in [7, 11) is 3.55. The topological polar surface area (TPSA) is 64.9 Å². The van der Waals surface area contributed by atoms with Gasteiger partial charge in [0.15, 0.2) is 0 Å². The van der Waals surface area contributed by atoms with E-state index in [0.29, 0.717) is 12.4 Å². The maximum absolute atomic E-state index is 5.21. The molecule has 0 saturated carbocycles. The van der Waals surface area contributed by atoms with Gasteiger partial charge in [0.1, 0.15) is 12.2 Å². The van der Waals surface area contributed by atoms with Crippen molar-refractivity contribution in [3.8, 4) is 5.88 Å². The van der Waals surface area contributed by atoms with Crippen LogP contribution in [0.25, 0.3) is 0 Å². The maximum Gasteiger partial charge on any atom is 0.217 e. The highest BCUT2D eigenvalue weighted by Gasteiger charge is 2.11. The lowest BCUT2D eigenvalue weighted by molar-refractivity contribution is 0.388. The van der Waals surface area contributed by atoms with Gasteiger partial charge in [-0.2, -0.15) is 0 Å². The van der Waals surface area contributed by atoms with E-state index in [1.54, 1.807) is 19.6 Å². The van der Waals surface area contributed by atoms with Crippen molar-refractivity contribution in [2.45, 2.75) is 19.5 Å². The molecule has 0 spiro atoms. The summed E-state index contributed by atoms with van der Waals surface area (Å²) in [6.07, 6.45) is 3.41. The lowest BCUT2D eigenvalue weighted by Gasteiger charge is -2.14. The molecule has 0 radical (unpaired) electrons. The van der Waals surface area contributed by atoms with Gasteiger partial charge in [0.25, 0.3) is 0 Å². The molecule has 0 aliphatic carbocycles. The summed E-state index contributed by atoms with van der Waals surface area (Å²) in [6.45, 7) is 2.72. The van der Waals surface area contributed by atoms with Crippen LogP contribution in [0.1, 0.15) is 24.4 Å². The summed E-state index contributed by atoms with van der Waals surface area (Å²) >= 11 is 0. The van der Waals surface area contributed by atoms with Crippen molar-refractivity contribution in [2.24, 2.45) is 7.05 Å². The average Bonchev–Trinajstić information content (AvgIpc) is 2.82. The molecule has 96 valence electrons. The van der Waals surface area contributed by atoms with E-state index in [1.807, 2.05) is 30.7 Å². The van der Waals surface area contributed by atoms with Crippen molar-refractivity contribution in [3.05, 3.63) is 36.0 Å². The molecule has 1 atom stereocenters. The zero-order valence-corrected chi connectivity index (χ0v) is 10.8. The summed E-state index contributed by atoms with van der Waals surface area (Å²) in [5.41, 5.74) is 1.02. The zero-order valence-electron chi connectivity index (χ0n) is 10.8. The third kappa shape index (κ3) is 2.65. The molecule has 0 aliphatic rings. The lowest BCUT2D eigenvalue weighted by Crippen LogP contribution is -2.21. The fourth-order valence-electron chi connectivity index (χ4n) is 1.78. The van der Waals surface area contributed by atoms with Gasteiger partial charge in [-0.15, -0.1) is 10.2 Å². The molecule has 0 bridgehead atoms. The van der Waals surface area contributed by atoms with E-state index in [-0.39, 0.29) is 6.04 Å². The second-order valence-electron chi connectivity index (χ2n) is 4.07. The van der Waals surface area contributed by atoms with Crippen LogP contribution in [-0.4, -0.2) is 26.9 Å². The van der Waals surface area contributed by atoms with Crippen LogP contribution in [0.3, 0.4) is 0 Å². The Morgan fingerprint density at radius 2 is 2.33 bits per heavy atom. The largest absolute Gasteiger partial charge is 0.481 e. The van der Waals surface area contributed by atoms with Crippen LogP contribution in [0, 0.1) is 0 Å². The molecule has 0 saturated heterocycles. The van der Waals surface area contributed by atoms with Crippen molar-refractivity contribution in [1.29, 1.82) is 0 Å². The van der Waals surface area contributed by atoms with Gasteiger partial charge >= 0.3 is 0 Å². The minimum Gasteiger partial charge on any atom is -0.481 e. The van der Waals surface area contributed by atoms with E-state index in [1.165, 1.54) is 0 Å². The van der Waals surface area contributed by atoms with Crippen LogP contribution < -0.4 is 10.1 Å². The Balaban J connectivity index is 2.01. The van der Waals surface area contributed by atoms with Crippen molar-refractivity contribution < 1.29 is 4.74 Å². The second kappa shape index (κ2) is 5.59. The first-order valence-corrected chi connectivity index (χ1v) is 5.77. The molecule has 1 unspecified atom stereocenters. The van der Waals surface area contributed by atoms with Gasteiger partial charge in [-0.3, -0.25) is 0 Å². The lowest BCUT2D eigenvalue weighted by atomic mass is 10.2. The smallest absolute Gasteiger partial charge is 0.217 e. The third-order valence-corrected chi connectivity index (χ3v) is 2.78. The normalized spacial score (nSPS) is 12.4. The fourth-order valence-corrected chi connectivity index (χ4v) is 1.78. The Hall–Kier alpha value is -1.95. The predicted molar refractivity (Wildman–Crippen MR) is 67.0 cm³/mol. The Morgan fingerprint density at radius 1 is 1.50 bits per heavy atom. The molecule has 0 fully saturated rings. The standard InChI is InChI=1S/C12H17N5O/c1-9(11-16-15-8-17(11)2)14-7-10-5-4-6-13-12(10)18-3/h4-6,8-9,14H,7H2,1-3H3. The molecule has 2 aromatic heterocycles. The van der Waals surface area contributed by atoms with Crippen LogP contribution in [-0.2, 0) is 13.6 Å². The number of nitrogens with one attached hydrogen (secondary N) is 1. The predicted octanol–water partition coefficient (Wildman–Crippen LogP) is 1.07. The van der Waals surface area contributed by atoms with Crippen molar-refractivity contribution in [1.82, 2.24) is 25.1 Å². The highest BCUT2D eigenvalue weighted by molar-refractivity contribution is 5.25. The average molecular weight is 247 g/mol. The number of hydrogen-bond donors (Lipinski definition) is 1. The maximum atomic E-state index is 5.21. The van der Waals surface area contributed by atoms with Crippen molar-refractivity contribution in [2.75, 3.05) is 7.11 Å². The van der Waals surface area contributed by atoms with Gasteiger partial charge in [0.2, 0.25) is 5.88 Å². The van der Waals surface area contributed by atoms with E-state index in [9.17, 15) is 0 Å². The first-order valence-electron chi connectivity index (χ1n) is 5.77. The highest BCUT2D eigenvalue weighted by atomic mass is 16.5. The Labute approximate surface area is 106 Å². The van der Waals surface area contributed by atoms with E-state index >= 15 is 0 Å². The van der Waals surface area contributed by atoms with Gasteiger partial charge in [0, 0.05) is 25.4 Å². The zero-order chi connectivity index (χ0) is 13.0. The molecule has 2 rings (SSSR count). The minimum absolute atomic E-state index is 0.113. The fraction of sp³-hybridized carbons (Fsp3) is 0.417. The molecule has 0 aliphatic heterocycles. The molecule has 0 amide bonds. The summed E-state index contributed by atoms with van der Waals surface area (Å²) in [6, 6.07) is 4.00. The van der Waals surface area contributed by atoms with E-state index < -0.39 is 0 Å². The SMILES string of the molecule is COc1ncccc1CNC(C)c1nncn1C. The number of hydrogen-bond acceptors (Lipinski definition) is 5. The van der Waals surface area contributed by atoms with E-state index in [2.05, 4.69) is 20.5 Å². The molecular formula is C12H17N5O. The number of aromatic nitrogens is 4. The number of aryl methyl sites for hydroxylation is 1. The first-order chi connectivity index (χ1) is 8.72. The summed E-state index contributed by atoms with van der Waals surface area (Å²) in [4.78, 5) is 4.16. The molecule has 6 heteroatoms.